The van der Waals surface area contributed by atoms with Crippen LogP contribution in [0.4, 0.5) is 0 Å². The van der Waals surface area contributed by atoms with E-state index in [0.29, 0.717) is 13.1 Å². The molecule has 1 amide bonds. The lowest BCUT2D eigenvalue weighted by Gasteiger charge is -2.46. The number of unbranched alkanes of at least 4 members (excludes halogenated alkanes) is 1. The minimum absolute atomic E-state index is 0.134. The zero-order valence-corrected chi connectivity index (χ0v) is 21.0. The van der Waals surface area contributed by atoms with Crippen LogP contribution in [0, 0.1) is 0 Å². The molecule has 184 valence electrons. The summed E-state index contributed by atoms with van der Waals surface area (Å²) in [6.07, 6.45) is 3.91. The number of benzene rings is 2. The van der Waals surface area contributed by atoms with Crippen LogP contribution in [0.1, 0.15) is 43.4 Å². The van der Waals surface area contributed by atoms with Crippen LogP contribution in [-0.4, -0.2) is 59.6 Å². The molecule has 6 nitrogen and oxygen atoms in total. The van der Waals surface area contributed by atoms with Gasteiger partial charge in [-0.15, -0.1) is 0 Å². The van der Waals surface area contributed by atoms with Gasteiger partial charge < -0.3 is 15.5 Å². The molecule has 0 aliphatic carbocycles. The van der Waals surface area contributed by atoms with E-state index in [0.717, 1.165) is 44.5 Å². The number of nitrogens with two attached hydrogens (primary N) is 1. The van der Waals surface area contributed by atoms with Gasteiger partial charge >= 0.3 is 0 Å². The SMILES string of the molecule is C=C(CN(C)NCc1ccccc1)N1C(N)CN(CCCCc2ccc(CC)cc2)C(=O)C1C. The van der Waals surface area contributed by atoms with Crippen LogP contribution >= 0.6 is 0 Å². The zero-order valence-electron chi connectivity index (χ0n) is 21.0. The molecular weight excluding hydrogens is 422 g/mol. The quantitative estimate of drug-likeness (QED) is 0.372. The Bertz CT molecular complexity index is 914. The van der Waals surface area contributed by atoms with Gasteiger partial charge in [0.2, 0.25) is 5.91 Å². The minimum Gasteiger partial charge on any atom is -0.345 e. The highest BCUT2D eigenvalue weighted by Gasteiger charge is 2.36. The normalized spacial score (nSPS) is 18.6. The van der Waals surface area contributed by atoms with Crippen molar-refractivity contribution in [3.63, 3.8) is 0 Å². The summed E-state index contributed by atoms with van der Waals surface area (Å²) in [5.74, 6) is 0.134. The molecule has 1 aliphatic rings. The Labute approximate surface area is 205 Å². The summed E-state index contributed by atoms with van der Waals surface area (Å²) in [7, 11) is 1.98. The summed E-state index contributed by atoms with van der Waals surface area (Å²) in [5, 5.41) is 2.00. The molecule has 1 heterocycles. The van der Waals surface area contributed by atoms with E-state index in [1.807, 2.05) is 47.0 Å². The average Bonchev–Trinajstić information content (AvgIpc) is 2.84. The van der Waals surface area contributed by atoms with Gasteiger partial charge in [-0.1, -0.05) is 68.1 Å². The molecule has 0 radical (unpaired) electrons. The van der Waals surface area contributed by atoms with Crippen molar-refractivity contribution in [1.29, 1.82) is 0 Å². The molecule has 0 spiro atoms. The van der Waals surface area contributed by atoms with Crippen molar-refractivity contribution >= 4 is 5.91 Å². The molecule has 0 saturated carbocycles. The van der Waals surface area contributed by atoms with Crippen LogP contribution in [0.2, 0.25) is 0 Å². The second-order valence-corrected chi connectivity index (χ2v) is 9.30. The lowest BCUT2D eigenvalue weighted by atomic mass is 10.0. The van der Waals surface area contributed by atoms with Crippen LogP contribution in [0.3, 0.4) is 0 Å². The summed E-state index contributed by atoms with van der Waals surface area (Å²) in [6.45, 7) is 11.0. The Kier molecular flexibility index (Phi) is 9.69. The number of amides is 1. The van der Waals surface area contributed by atoms with Gasteiger partial charge in [0.15, 0.2) is 0 Å². The monoisotopic (exact) mass is 463 g/mol. The zero-order chi connectivity index (χ0) is 24.5. The first kappa shape index (κ1) is 25.9. The highest BCUT2D eigenvalue weighted by atomic mass is 16.2. The molecule has 3 rings (SSSR count). The minimum atomic E-state index is -0.305. The number of piperazine rings is 1. The van der Waals surface area contributed by atoms with E-state index in [2.05, 4.69) is 55.3 Å². The molecule has 3 N–H and O–H groups in total. The fraction of sp³-hybridized carbons (Fsp3) is 0.464. The standard InChI is InChI=1S/C28H41N5O/c1-5-24-14-16-25(17-15-24)11-9-10-18-32-21-27(29)33(23(3)28(32)34)22(2)20-31(4)30-19-26-12-7-6-8-13-26/h6-8,12-17,23,27,30H,2,5,9-11,18-21,29H2,1,3-4H3. The van der Waals surface area contributed by atoms with Crippen LogP contribution in [0.25, 0.3) is 0 Å². The summed E-state index contributed by atoms with van der Waals surface area (Å²) < 4.78 is 0. The molecule has 0 bridgehead atoms. The van der Waals surface area contributed by atoms with Crippen molar-refractivity contribution in [3.05, 3.63) is 83.6 Å². The predicted octanol–water partition coefficient (Wildman–Crippen LogP) is 3.54. The van der Waals surface area contributed by atoms with Crippen molar-refractivity contribution in [3.8, 4) is 0 Å². The maximum absolute atomic E-state index is 13.1. The first-order chi connectivity index (χ1) is 16.4. The first-order valence-corrected chi connectivity index (χ1v) is 12.5. The molecule has 1 fully saturated rings. The molecule has 2 atom stereocenters. The van der Waals surface area contributed by atoms with Crippen LogP contribution < -0.4 is 11.2 Å². The van der Waals surface area contributed by atoms with Crippen molar-refractivity contribution in [2.24, 2.45) is 5.73 Å². The number of carbonyl (C=O) groups excluding carboxylic acids is 1. The fourth-order valence-corrected chi connectivity index (χ4v) is 4.59. The van der Waals surface area contributed by atoms with Gasteiger partial charge in [-0.25, -0.2) is 5.01 Å². The van der Waals surface area contributed by atoms with E-state index in [1.165, 1.54) is 16.7 Å². The topological polar surface area (TPSA) is 64.8 Å². The molecule has 0 aromatic heterocycles. The van der Waals surface area contributed by atoms with E-state index in [1.54, 1.807) is 0 Å². The van der Waals surface area contributed by atoms with Gasteiger partial charge in [-0.2, -0.15) is 0 Å². The summed E-state index contributed by atoms with van der Waals surface area (Å²) in [5.41, 5.74) is 14.7. The van der Waals surface area contributed by atoms with Gasteiger partial charge in [0.05, 0.1) is 19.3 Å². The van der Waals surface area contributed by atoms with Gasteiger partial charge in [0, 0.05) is 25.8 Å². The Morgan fingerprint density at radius 3 is 2.44 bits per heavy atom. The number of aryl methyl sites for hydroxylation is 2. The molecule has 1 aliphatic heterocycles. The Morgan fingerprint density at radius 1 is 1.09 bits per heavy atom. The van der Waals surface area contributed by atoms with E-state index >= 15 is 0 Å². The van der Waals surface area contributed by atoms with E-state index in [-0.39, 0.29) is 18.1 Å². The van der Waals surface area contributed by atoms with Crippen LogP contribution in [0.15, 0.2) is 66.9 Å². The molecular formula is C28H41N5O. The third-order valence-corrected chi connectivity index (χ3v) is 6.61. The van der Waals surface area contributed by atoms with E-state index in [9.17, 15) is 4.79 Å². The molecule has 2 aromatic rings. The van der Waals surface area contributed by atoms with Gasteiger partial charge in [-0.3, -0.25) is 10.2 Å². The molecule has 6 heteroatoms. The maximum atomic E-state index is 13.1. The number of likely N-dealkylation sites (N-methyl/N-ethyl adjacent to an activating group) is 1. The van der Waals surface area contributed by atoms with Crippen molar-refractivity contribution in [2.75, 3.05) is 26.7 Å². The molecule has 2 unspecified atom stereocenters. The maximum Gasteiger partial charge on any atom is 0.245 e. The Hall–Kier alpha value is -2.67. The van der Waals surface area contributed by atoms with Crippen LogP contribution in [-0.2, 0) is 24.2 Å². The predicted molar refractivity (Wildman–Crippen MR) is 140 cm³/mol. The number of nitrogens with zero attached hydrogens (tertiary/aromatic N) is 3. The second kappa shape index (κ2) is 12.7. The summed E-state index contributed by atoms with van der Waals surface area (Å²) in [6, 6.07) is 18.8. The lowest BCUT2D eigenvalue weighted by Crippen LogP contribution is -2.64. The smallest absolute Gasteiger partial charge is 0.245 e. The number of hydrazine groups is 1. The molecule has 1 saturated heterocycles. The fourth-order valence-electron chi connectivity index (χ4n) is 4.59. The van der Waals surface area contributed by atoms with Gasteiger partial charge in [0.1, 0.15) is 6.04 Å². The highest BCUT2D eigenvalue weighted by molar-refractivity contribution is 5.82. The highest BCUT2D eigenvalue weighted by Crippen LogP contribution is 2.20. The van der Waals surface area contributed by atoms with Gasteiger partial charge in [-0.05, 0) is 49.3 Å². The largest absolute Gasteiger partial charge is 0.345 e. The Morgan fingerprint density at radius 2 is 1.76 bits per heavy atom. The number of rotatable bonds is 12. The Balaban J connectivity index is 1.43. The van der Waals surface area contributed by atoms with Crippen LogP contribution in [0.5, 0.6) is 0 Å². The summed E-state index contributed by atoms with van der Waals surface area (Å²) >= 11 is 0. The van der Waals surface area contributed by atoms with Crippen molar-refractivity contribution < 1.29 is 4.79 Å². The van der Waals surface area contributed by atoms with E-state index in [4.69, 9.17) is 5.73 Å². The number of hydrogen-bond donors (Lipinski definition) is 2. The third-order valence-electron chi connectivity index (χ3n) is 6.61. The number of carbonyl (C=O) groups is 1. The first-order valence-electron chi connectivity index (χ1n) is 12.5. The lowest BCUT2D eigenvalue weighted by molar-refractivity contribution is -0.142. The van der Waals surface area contributed by atoms with Gasteiger partial charge in [0.25, 0.3) is 0 Å². The summed E-state index contributed by atoms with van der Waals surface area (Å²) in [4.78, 5) is 17.0. The van der Waals surface area contributed by atoms with E-state index < -0.39 is 0 Å². The third kappa shape index (κ3) is 7.16. The number of hydrogen-bond acceptors (Lipinski definition) is 5. The van der Waals surface area contributed by atoms with Crippen molar-refractivity contribution in [1.82, 2.24) is 20.2 Å². The van der Waals surface area contributed by atoms with Crippen molar-refractivity contribution in [2.45, 2.75) is 58.3 Å². The molecule has 34 heavy (non-hydrogen) atoms. The second-order valence-electron chi connectivity index (χ2n) is 9.30. The molecule has 2 aromatic carbocycles. The number of nitrogens with one attached hydrogen (secondary N) is 1. The average molecular weight is 464 g/mol.